The van der Waals surface area contributed by atoms with Crippen LogP contribution in [0.3, 0.4) is 0 Å². The molecule has 0 aromatic carbocycles. The van der Waals surface area contributed by atoms with Gasteiger partial charge in [-0.3, -0.25) is 0 Å². The summed E-state index contributed by atoms with van der Waals surface area (Å²) in [5.74, 6) is 2.65. The molecular weight excluding hydrogens is 379 g/mol. The van der Waals surface area contributed by atoms with Crippen molar-refractivity contribution in [2.45, 2.75) is 66.5 Å². The van der Waals surface area contributed by atoms with Gasteiger partial charge >= 0.3 is 0 Å². The molecule has 1 heterocycles. The van der Waals surface area contributed by atoms with Crippen LogP contribution in [-0.4, -0.2) is 17.0 Å². The predicted octanol–water partition coefficient (Wildman–Crippen LogP) is 3.53. The molecule has 0 amide bonds. The van der Waals surface area contributed by atoms with Gasteiger partial charge in [0.25, 0.3) is 0 Å². The molecule has 0 aliphatic heterocycles. The summed E-state index contributed by atoms with van der Waals surface area (Å²) in [5, 5.41) is 3.20. The fourth-order valence-electron chi connectivity index (χ4n) is 1.96. The second-order valence-corrected chi connectivity index (χ2v) is 5.82. The minimum Gasteiger partial charge on any atom is -0.444 e. The smallest absolute Gasteiger partial charge is 0.216 e. The van der Waals surface area contributed by atoms with Gasteiger partial charge in [-0.05, 0) is 33.1 Å². The number of aliphatic imine (C=N–C) groups is 1. The largest absolute Gasteiger partial charge is 0.444 e. The summed E-state index contributed by atoms with van der Waals surface area (Å²) >= 11 is 0. The SMILES string of the molecule is Cc1nc(CN=C(N)NC(C)CCCC(C)C)oc1C.I. The molecule has 0 bridgehead atoms. The van der Waals surface area contributed by atoms with E-state index in [2.05, 4.69) is 36.1 Å². The molecule has 1 aromatic rings. The maximum absolute atomic E-state index is 5.87. The molecule has 3 N–H and O–H groups in total. The lowest BCUT2D eigenvalue weighted by atomic mass is 10.0. The molecule has 1 rings (SSSR count). The van der Waals surface area contributed by atoms with E-state index in [1.165, 1.54) is 12.8 Å². The van der Waals surface area contributed by atoms with Gasteiger partial charge in [0.05, 0.1) is 5.69 Å². The second kappa shape index (κ2) is 10.0. The average Bonchev–Trinajstić information content (AvgIpc) is 2.66. The molecule has 5 nitrogen and oxygen atoms in total. The maximum atomic E-state index is 5.87. The van der Waals surface area contributed by atoms with Crippen molar-refractivity contribution in [1.82, 2.24) is 10.3 Å². The molecule has 0 fully saturated rings. The second-order valence-electron chi connectivity index (χ2n) is 5.82. The predicted molar refractivity (Wildman–Crippen MR) is 98.0 cm³/mol. The molecule has 0 aliphatic carbocycles. The van der Waals surface area contributed by atoms with Crippen LogP contribution in [0.25, 0.3) is 0 Å². The van der Waals surface area contributed by atoms with Crippen molar-refractivity contribution < 1.29 is 4.42 Å². The van der Waals surface area contributed by atoms with E-state index in [9.17, 15) is 0 Å². The topological polar surface area (TPSA) is 76.4 Å². The van der Waals surface area contributed by atoms with Crippen LogP contribution in [0, 0.1) is 19.8 Å². The standard InChI is InChI=1S/C15H28N4O.HI/c1-10(2)7-6-8-11(3)18-15(16)17-9-14-19-12(4)13(5)20-14;/h10-11H,6-9H2,1-5H3,(H3,16,17,18);1H. The van der Waals surface area contributed by atoms with E-state index in [0.717, 1.165) is 23.8 Å². The lowest BCUT2D eigenvalue weighted by Gasteiger charge is -2.14. The van der Waals surface area contributed by atoms with Crippen LogP contribution in [0.4, 0.5) is 0 Å². The number of nitrogens with two attached hydrogens (primary N) is 1. The summed E-state index contributed by atoms with van der Waals surface area (Å²) in [4.78, 5) is 8.53. The van der Waals surface area contributed by atoms with E-state index < -0.39 is 0 Å². The number of halogens is 1. The summed E-state index contributed by atoms with van der Waals surface area (Å²) in [6, 6.07) is 0.338. The van der Waals surface area contributed by atoms with Gasteiger partial charge in [0.1, 0.15) is 12.3 Å². The molecule has 6 heteroatoms. The Labute approximate surface area is 145 Å². The molecule has 1 atom stereocenters. The highest BCUT2D eigenvalue weighted by Crippen LogP contribution is 2.09. The van der Waals surface area contributed by atoms with Gasteiger partial charge in [-0.2, -0.15) is 0 Å². The van der Waals surface area contributed by atoms with Crippen LogP contribution in [0.5, 0.6) is 0 Å². The molecule has 0 radical (unpaired) electrons. The van der Waals surface area contributed by atoms with E-state index >= 15 is 0 Å². The highest BCUT2D eigenvalue weighted by molar-refractivity contribution is 14.0. The molecule has 0 spiro atoms. The number of aryl methyl sites for hydroxylation is 2. The number of guanidine groups is 1. The van der Waals surface area contributed by atoms with E-state index in [0.29, 0.717) is 24.4 Å². The first-order valence-corrected chi connectivity index (χ1v) is 7.37. The van der Waals surface area contributed by atoms with Crippen molar-refractivity contribution in [3.63, 3.8) is 0 Å². The van der Waals surface area contributed by atoms with Crippen LogP contribution in [0.2, 0.25) is 0 Å². The Balaban J connectivity index is 0.00000400. The van der Waals surface area contributed by atoms with Crippen molar-refractivity contribution in [3.05, 3.63) is 17.3 Å². The third-order valence-corrected chi connectivity index (χ3v) is 3.27. The van der Waals surface area contributed by atoms with Crippen molar-refractivity contribution in [2.75, 3.05) is 0 Å². The van der Waals surface area contributed by atoms with Gasteiger partial charge in [0.15, 0.2) is 5.96 Å². The molecule has 122 valence electrons. The van der Waals surface area contributed by atoms with Gasteiger partial charge in [-0.25, -0.2) is 9.98 Å². The van der Waals surface area contributed by atoms with Gasteiger partial charge < -0.3 is 15.5 Å². The minimum atomic E-state index is 0. The van der Waals surface area contributed by atoms with Gasteiger partial charge in [0.2, 0.25) is 5.89 Å². The average molecular weight is 408 g/mol. The fraction of sp³-hybridized carbons (Fsp3) is 0.733. The van der Waals surface area contributed by atoms with E-state index in [4.69, 9.17) is 10.2 Å². The van der Waals surface area contributed by atoms with Gasteiger partial charge in [-0.15, -0.1) is 24.0 Å². The van der Waals surface area contributed by atoms with Crippen LogP contribution >= 0.6 is 24.0 Å². The summed E-state index contributed by atoms with van der Waals surface area (Å²) in [6.45, 7) is 10.8. The van der Waals surface area contributed by atoms with E-state index in [1.807, 2.05) is 13.8 Å². The quantitative estimate of drug-likeness (QED) is 0.411. The Morgan fingerprint density at radius 3 is 2.48 bits per heavy atom. The first-order valence-electron chi connectivity index (χ1n) is 7.37. The molecule has 1 unspecified atom stereocenters. The van der Waals surface area contributed by atoms with Crippen molar-refractivity contribution >= 4 is 29.9 Å². The zero-order chi connectivity index (χ0) is 15.1. The van der Waals surface area contributed by atoms with Gasteiger partial charge in [0, 0.05) is 6.04 Å². The number of oxazole rings is 1. The zero-order valence-corrected chi connectivity index (χ0v) is 16.1. The zero-order valence-electron chi connectivity index (χ0n) is 13.8. The van der Waals surface area contributed by atoms with Crippen molar-refractivity contribution in [1.29, 1.82) is 0 Å². The summed E-state index contributed by atoms with van der Waals surface area (Å²) in [6.07, 6.45) is 3.56. The first kappa shape index (κ1) is 20.2. The molecule has 0 saturated heterocycles. The molecule has 21 heavy (non-hydrogen) atoms. The van der Waals surface area contributed by atoms with Crippen LogP contribution in [0.1, 0.15) is 57.4 Å². The summed E-state index contributed by atoms with van der Waals surface area (Å²) in [5.41, 5.74) is 6.77. The Morgan fingerprint density at radius 1 is 1.29 bits per heavy atom. The Hall–Kier alpha value is -0.790. The van der Waals surface area contributed by atoms with Crippen LogP contribution < -0.4 is 11.1 Å². The normalized spacial score (nSPS) is 13.1. The maximum Gasteiger partial charge on any atom is 0.216 e. The van der Waals surface area contributed by atoms with E-state index in [-0.39, 0.29) is 24.0 Å². The molecule has 0 aliphatic rings. The third-order valence-electron chi connectivity index (χ3n) is 3.27. The number of hydrogen-bond acceptors (Lipinski definition) is 3. The minimum absolute atomic E-state index is 0. The number of hydrogen-bond donors (Lipinski definition) is 2. The summed E-state index contributed by atoms with van der Waals surface area (Å²) in [7, 11) is 0. The Morgan fingerprint density at radius 2 is 1.95 bits per heavy atom. The fourth-order valence-corrected chi connectivity index (χ4v) is 1.96. The van der Waals surface area contributed by atoms with Crippen molar-refractivity contribution in [2.24, 2.45) is 16.6 Å². The Kier molecular flexibility index (Phi) is 9.65. The number of nitrogens with one attached hydrogen (secondary N) is 1. The molecule has 0 saturated carbocycles. The van der Waals surface area contributed by atoms with Crippen LogP contribution in [-0.2, 0) is 6.54 Å². The summed E-state index contributed by atoms with van der Waals surface area (Å²) < 4.78 is 5.46. The highest BCUT2D eigenvalue weighted by atomic mass is 127. The lowest BCUT2D eigenvalue weighted by Crippen LogP contribution is -2.38. The Bertz CT molecular complexity index is 423. The number of nitrogens with zero attached hydrogens (tertiary/aromatic N) is 2. The monoisotopic (exact) mass is 408 g/mol. The van der Waals surface area contributed by atoms with Crippen molar-refractivity contribution in [3.8, 4) is 0 Å². The van der Waals surface area contributed by atoms with Crippen LogP contribution in [0.15, 0.2) is 9.41 Å². The first-order chi connectivity index (χ1) is 9.38. The number of aromatic nitrogens is 1. The number of rotatable bonds is 7. The van der Waals surface area contributed by atoms with E-state index in [1.54, 1.807) is 0 Å². The third kappa shape index (κ3) is 8.28. The lowest BCUT2D eigenvalue weighted by molar-refractivity contribution is 0.471. The molecule has 1 aromatic heterocycles. The van der Waals surface area contributed by atoms with Gasteiger partial charge in [-0.1, -0.05) is 26.7 Å². The highest BCUT2D eigenvalue weighted by Gasteiger charge is 2.06. The molecular formula is C15H29IN4O.